The fourth-order valence-electron chi connectivity index (χ4n) is 2.59. The minimum Gasteiger partial charge on any atom is -0.489 e. The molecule has 0 aromatic heterocycles. The van der Waals surface area contributed by atoms with E-state index in [9.17, 15) is 4.79 Å². The largest absolute Gasteiger partial charge is 0.489 e. The molecule has 0 aliphatic rings. The maximum atomic E-state index is 11.4. The Kier molecular flexibility index (Phi) is 6.18. The van der Waals surface area contributed by atoms with Crippen molar-refractivity contribution in [2.45, 2.75) is 26.7 Å². The highest BCUT2D eigenvalue weighted by atomic mass is 16.5. The molecule has 0 unspecified atom stereocenters. The smallest absolute Gasteiger partial charge is 0.159 e. The molecule has 3 rings (SSSR count). The Hall–Kier alpha value is -2.91. The van der Waals surface area contributed by atoms with Crippen LogP contribution in [0.1, 0.15) is 34.0 Å². The third-order valence-electron chi connectivity index (χ3n) is 4.04. The van der Waals surface area contributed by atoms with Crippen LogP contribution in [0.15, 0.2) is 78.9 Å². The van der Waals surface area contributed by atoms with E-state index in [1.807, 2.05) is 78.9 Å². The first-order valence-corrected chi connectivity index (χ1v) is 8.64. The van der Waals surface area contributed by atoms with Crippen molar-refractivity contribution in [2.24, 2.45) is 0 Å². The van der Waals surface area contributed by atoms with Gasteiger partial charge in [-0.2, -0.15) is 0 Å². The Labute approximate surface area is 154 Å². The van der Waals surface area contributed by atoms with Crippen molar-refractivity contribution in [3.63, 3.8) is 0 Å². The first-order valence-electron chi connectivity index (χ1n) is 8.64. The van der Waals surface area contributed by atoms with Gasteiger partial charge in [0.1, 0.15) is 12.4 Å². The standard InChI is InChI=1S/C23H22O3/c1-18(24)22-9-5-8-21(14-22)16-25-15-20-10-12-23(13-11-20)26-17-19-6-3-2-4-7-19/h2-14H,15-17H2,1H3. The summed E-state index contributed by atoms with van der Waals surface area (Å²) >= 11 is 0. The van der Waals surface area contributed by atoms with Crippen molar-refractivity contribution in [2.75, 3.05) is 0 Å². The van der Waals surface area contributed by atoms with E-state index in [0.29, 0.717) is 25.4 Å². The van der Waals surface area contributed by atoms with E-state index in [2.05, 4.69) is 0 Å². The SMILES string of the molecule is CC(=O)c1cccc(COCc2ccc(OCc3ccccc3)cc2)c1. The molecule has 0 atom stereocenters. The maximum absolute atomic E-state index is 11.4. The second-order valence-corrected chi connectivity index (χ2v) is 6.17. The molecule has 132 valence electrons. The molecule has 0 radical (unpaired) electrons. The van der Waals surface area contributed by atoms with Crippen molar-refractivity contribution in [3.8, 4) is 5.75 Å². The zero-order valence-corrected chi connectivity index (χ0v) is 14.9. The highest BCUT2D eigenvalue weighted by Crippen LogP contribution is 2.15. The number of benzene rings is 3. The number of Topliss-reactive ketones (excluding diaryl/α,β-unsaturated/α-hetero) is 1. The van der Waals surface area contributed by atoms with Crippen molar-refractivity contribution in [1.29, 1.82) is 0 Å². The lowest BCUT2D eigenvalue weighted by molar-refractivity contribution is 0.101. The third kappa shape index (κ3) is 5.30. The average Bonchev–Trinajstić information content (AvgIpc) is 2.68. The number of carbonyl (C=O) groups is 1. The van der Waals surface area contributed by atoms with E-state index in [1.54, 1.807) is 6.92 Å². The highest BCUT2D eigenvalue weighted by Gasteiger charge is 2.02. The Morgan fingerprint density at radius 3 is 2.12 bits per heavy atom. The number of hydrogen-bond donors (Lipinski definition) is 0. The quantitative estimate of drug-likeness (QED) is 0.527. The lowest BCUT2D eigenvalue weighted by Crippen LogP contribution is -1.98. The number of hydrogen-bond acceptors (Lipinski definition) is 3. The zero-order valence-electron chi connectivity index (χ0n) is 14.9. The van der Waals surface area contributed by atoms with Crippen LogP contribution < -0.4 is 4.74 Å². The van der Waals surface area contributed by atoms with Gasteiger partial charge in [0.15, 0.2) is 5.78 Å². The van der Waals surface area contributed by atoms with Crippen LogP contribution in [0.25, 0.3) is 0 Å². The molecule has 0 aliphatic carbocycles. The Morgan fingerprint density at radius 2 is 1.38 bits per heavy atom. The molecule has 3 nitrogen and oxygen atoms in total. The molecule has 0 aliphatic heterocycles. The zero-order chi connectivity index (χ0) is 18.2. The van der Waals surface area contributed by atoms with Crippen LogP contribution >= 0.6 is 0 Å². The molecule has 0 saturated heterocycles. The average molecular weight is 346 g/mol. The summed E-state index contributed by atoms with van der Waals surface area (Å²) in [6.45, 7) is 3.13. The van der Waals surface area contributed by atoms with Crippen molar-refractivity contribution < 1.29 is 14.3 Å². The predicted octanol–water partition coefficient (Wildman–Crippen LogP) is 5.19. The second-order valence-electron chi connectivity index (χ2n) is 6.17. The summed E-state index contributed by atoms with van der Waals surface area (Å²) < 4.78 is 11.5. The summed E-state index contributed by atoms with van der Waals surface area (Å²) in [4.78, 5) is 11.4. The molecular weight excluding hydrogens is 324 g/mol. The first kappa shape index (κ1) is 17.9. The minimum absolute atomic E-state index is 0.0675. The fourth-order valence-corrected chi connectivity index (χ4v) is 2.59. The van der Waals surface area contributed by atoms with E-state index < -0.39 is 0 Å². The minimum atomic E-state index is 0.0675. The second kappa shape index (κ2) is 8.97. The number of rotatable bonds is 8. The van der Waals surface area contributed by atoms with Crippen LogP contribution in [-0.2, 0) is 24.6 Å². The topological polar surface area (TPSA) is 35.5 Å². The predicted molar refractivity (Wildman–Crippen MR) is 102 cm³/mol. The lowest BCUT2D eigenvalue weighted by atomic mass is 10.1. The van der Waals surface area contributed by atoms with Gasteiger partial charge >= 0.3 is 0 Å². The van der Waals surface area contributed by atoms with Gasteiger partial charge in [0.2, 0.25) is 0 Å². The normalized spacial score (nSPS) is 10.5. The van der Waals surface area contributed by atoms with E-state index in [1.165, 1.54) is 0 Å². The van der Waals surface area contributed by atoms with Crippen LogP contribution in [0.5, 0.6) is 5.75 Å². The van der Waals surface area contributed by atoms with Gasteiger partial charge in [0, 0.05) is 5.56 Å². The van der Waals surface area contributed by atoms with Crippen LogP contribution in [-0.4, -0.2) is 5.78 Å². The molecule has 26 heavy (non-hydrogen) atoms. The number of ether oxygens (including phenoxy) is 2. The fraction of sp³-hybridized carbons (Fsp3) is 0.174. The molecule has 3 aromatic rings. The van der Waals surface area contributed by atoms with Gasteiger partial charge < -0.3 is 9.47 Å². The van der Waals surface area contributed by atoms with Crippen LogP contribution in [0.2, 0.25) is 0 Å². The van der Waals surface area contributed by atoms with E-state index in [0.717, 1.165) is 22.4 Å². The van der Waals surface area contributed by atoms with Gasteiger partial charge in [-0.3, -0.25) is 4.79 Å². The van der Waals surface area contributed by atoms with Crippen molar-refractivity contribution >= 4 is 5.78 Å². The third-order valence-corrected chi connectivity index (χ3v) is 4.04. The van der Waals surface area contributed by atoms with E-state index in [-0.39, 0.29) is 5.78 Å². The van der Waals surface area contributed by atoms with E-state index in [4.69, 9.17) is 9.47 Å². The summed E-state index contributed by atoms with van der Waals surface area (Å²) in [7, 11) is 0. The molecule has 0 spiro atoms. The Bertz CT molecular complexity index is 839. The molecule has 3 heteroatoms. The summed E-state index contributed by atoms with van der Waals surface area (Å²) in [6, 6.07) is 25.6. The first-order chi connectivity index (χ1) is 12.7. The van der Waals surface area contributed by atoms with Crippen molar-refractivity contribution in [3.05, 3.63) is 101 Å². The lowest BCUT2D eigenvalue weighted by Gasteiger charge is -2.08. The van der Waals surface area contributed by atoms with Gasteiger partial charge in [-0.1, -0.05) is 60.7 Å². The monoisotopic (exact) mass is 346 g/mol. The van der Waals surface area contributed by atoms with Gasteiger partial charge in [0.05, 0.1) is 13.2 Å². The van der Waals surface area contributed by atoms with Crippen LogP contribution in [0, 0.1) is 0 Å². The van der Waals surface area contributed by atoms with Crippen LogP contribution in [0.4, 0.5) is 0 Å². The number of ketones is 1. The number of carbonyl (C=O) groups excluding carboxylic acids is 1. The molecule has 0 saturated carbocycles. The molecule has 0 amide bonds. The van der Waals surface area contributed by atoms with Gasteiger partial charge in [-0.05, 0) is 41.8 Å². The maximum Gasteiger partial charge on any atom is 0.159 e. The summed E-state index contributed by atoms with van der Waals surface area (Å²) in [6.07, 6.45) is 0. The molecule has 3 aromatic carbocycles. The summed E-state index contributed by atoms with van der Waals surface area (Å²) in [5.74, 6) is 0.907. The Morgan fingerprint density at radius 1 is 0.731 bits per heavy atom. The summed E-state index contributed by atoms with van der Waals surface area (Å²) in [5, 5.41) is 0. The van der Waals surface area contributed by atoms with E-state index >= 15 is 0 Å². The van der Waals surface area contributed by atoms with Gasteiger partial charge in [-0.25, -0.2) is 0 Å². The van der Waals surface area contributed by atoms with Gasteiger partial charge in [-0.15, -0.1) is 0 Å². The molecule has 0 heterocycles. The summed E-state index contributed by atoms with van der Waals surface area (Å²) in [5.41, 5.74) is 3.94. The molecular formula is C23H22O3. The molecule has 0 fully saturated rings. The highest BCUT2D eigenvalue weighted by molar-refractivity contribution is 5.94. The van der Waals surface area contributed by atoms with Crippen LogP contribution in [0.3, 0.4) is 0 Å². The molecule has 0 bridgehead atoms. The van der Waals surface area contributed by atoms with Gasteiger partial charge in [0.25, 0.3) is 0 Å². The van der Waals surface area contributed by atoms with Crippen molar-refractivity contribution in [1.82, 2.24) is 0 Å². The Balaban J connectivity index is 1.47. The molecule has 0 N–H and O–H groups in total.